The van der Waals surface area contributed by atoms with Gasteiger partial charge < -0.3 is 5.32 Å². The Hall–Kier alpha value is -3.73. The second kappa shape index (κ2) is 8.79. The van der Waals surface area contributed by atoms with Gasteiger partial charge in [-0.05, 0) is 65.4 Å². The molecule has 0 atom stereocenters. The first kappa shape index (κ1) is 21.5. The molecule has 32 heavy (non-hydrogen) atoms. The first-order valence-corrected chi connectivity index (χ1v) is 10.7. The number of hydrogen-bond acceptors (Lipinski definition) is 3. The highest BCUT2D eigenvalue weighted by Crippen LogP contribution is 2.34. The van der Waals surface area contributed by atoms with Crippen molar-refractivity contribution in [2.75, 3.05) is 10.2 Å². The highest BCUT2D eigenvalue weighted by atomic mass is 19.1. The van der Waals surface area contributed by atoms with Crippen LogP contribution in [0.15, 0.2) is 78.5 Å². The minimum Gasteiger partial charge on any atom is -0.350 e. The van der Waals surface area contributed by atoms with E-state index in [0.29, 0.717) is 22.9 Å². The summed E-state index contributed by atoms with van der Waals surface area (Å²) in [7, 11) is 0. The number of benzene rings is 3. The molecule has 0 aromatic heterocycles. The van der Waals surface area contributed by atoms with Gasteiger partial charge >= 0.3 is 0 Å². The molecule has 0 radical (unpaired) electrons. The fraction of sp³-hybridized carbons (Fsp3) is 0.185. The smallest absolute Gasteiger partial charge is 0.282 e. The van der Waals surface area contributed by atoms with Crippen LogP contribution in [0.5, 0.6) is 0 Å². The number of halogens is 1. The van der Waals surface area contributed by atoms with Gasteiger partial charge in [0.1, 0.15) is 11.5 Å². The first-order valence-electron chi connectivity index (χ1n) is 10.7. The summed E-state index contributed by atoms with van der Waals surface area (Å²) in [5, 5.41) is 3.14. The number of carbonyl (C=O) groups excluding carboxylic acids is 2. The van der Waals surface area contributed by atoms with Crippen molar-refractivity contribution in [3.63, 3.8) is 0 Å². The number of nitrogens with zero attached hydrogens (tertiary/aromatic N) is 1. The molecule has 2 amide bonds. The number of anilines is 2. The fourth-order valence-corrected chi connectivity index (χ4v) is 3.74. The number of hydrogen-bond donors (Lipinski definition) is 1. The molecule has 1 heterocycles. The molecule has 0 saturated heterocycles. The van der Waals surface area contributed by atoms with Gasteiger partial charge in [0.25, 0.3) is 11.8 Å². The van der Waals surface area contributed by atoms with Crippen LogP contribution in [0.3, 0.4) is 0 Å². The lowest BCUT2D eigenvalue weighted by atomic mass is 10.0. The van der Waals surface area contributed by atoms with E-state index < -0.39 is 17.6 Å². The topological polar surface area (TPSA) is 49.4 Å². The number of nitrogens with one attached hydrogen (secondary N) is 1. The van der Waals surface area contributed by atoms with Gasteiger partial charge in [-0.2, -0.15) is 0 Å². The maximum atomic E-state index is 13.5. The Bertz CT molecular complexity index is 1180. The minimum absolute atomic E-state index is 0.179. The molecule has 162 valence electrons. The molecule has 0 saturated carbocycles. The van der Waals surface area contributed by atoms with Crippen molar-refractivity contribution in [3.8, 4) is 0 Å². The van der Waals surface area contributed by atoms with E-state index in [1.165, 1.54) is 34.7 Å². The third-order valence-corrected chi connectivity index (χ3v) is 5.67. The second-order valence-electron chi connectivity index (χ2n) is 8.12. The lowest BCUT2D eigenvalue weighted by Gasteiger charge is -2.16. The van der Waals surface area contributed by atoms with Gasteiger partial charge in [0.2, 0.25) is 0 Å². The van der Waals surface area contributed by atoms with Crippen LogP contribution in [-0.2, 0) is 16.0 Å². The number of imide groups is 1. The Balaban J connectivity index is 1.76. The molecule has 3 aromatic rings. The third-order valence-electron chi connectivity index (χ3n) is 5.67. The van der Waals surface area contributed by atoms with Crippen LogP contribution in [0.1, 0.15) is 43.4 Å². The Morgan fingerprint density at radius 1 is 0.844 bits per heavy atom. The van der Waals surface area contributed by atoms with Gasteiger partial charge in [-0.3, -0.25) is 9.59 Å². The molecule has 0 unspecified atom stereocenters. The lowest BCUT2D eigenvalue weighted by Crippen LogP contribution is -2.32. The monoisotopic (exact) mass is 428 g/mol. The van der Waals surface area contributed by atoms with Crippen molar-refractivity contribution >= 4 is 28.8 Å². The molecular weight excluding hydrogens is 403 g/mol. The molecule has 4 rings (SSSR count). The van der Waals surface area contributed by atoms with Crippen LogP contribution >= 0.6 is 0 Å². The summed E-state index contributed by atoms with van der Waals surface area (Å²) in [6.45, 7) is 6.24. The molecule has 0 aliphatic carbocycles. The Morgan fingerprint density at radius 3 is 2.03 bits per heavy atom. The minimum atomic E-state index is -0.439. The normalized spacial score (nSPS) is 14.0. The quantitative estimate of drug-likeness (QED) is 0.497. The Kier molecular flexibility index (Phi) is 5.91. The van der Waals surface area contributed by atoms with Crippen molar-refractivity contribution < 1.29 is 14.0 Å². The summed E-state index contributed by atoms with van der Waals surface area (Å²) in [5.41, 5.74) is 4.38. The van der Waals surface area contributed by atoms with Crippen molar-refractivity contribution in [2.24, 2.45) is 0 Å². The van der Waals surface area contributed by atoms with E-state index in [1.54, 1.807) is 12.1 Å². The van der Waals surface area contributed by atoms with Gasteiger partial charge in [-0.25, -0.2) is 9.29 Å². The van der Waals surface area contributed by atoms with E-state index in [4.69, 9.17) is 0 Å². The summed E-state index contributed by atoms with van der Waals surface area (Å²) in [6.07, 6.45) is 0.904. The van der Waals surface area contributed by atoms with Crippen LogP contribution in [0.4, 0.5) is 15.8 Å². The van der Waals surface area contributed by atoms with Crippen LogP contribution in [0.25, 0.3) is 5.57 Å². The number of amides is 2. The molecule has 3 aromatic carbocycles. The number of carbonyl (C=O) groups is 2. The molecule has 0 bridgehead atoms. The van der Waals surface area contributed by atoms with Crippen LogP contribution in [-0.4, -0.2) is 11.8 Å². The maximum absolute atomic E-state index is 13.5. The summed E-state index contributed by atoms with van der Waals surface area (Å²) < 4.78 is 13.5. The van der Waals surface area contributed by atoms with Gasteiger partial charge in [-0.15, -0.1) is 0 Å². The average molecular weight is 429 g/mol. The molecule has 1 aliphatic rings. The fourth-order valence-electron chi connectivity index (χ4n) is 3.74. The molecule has 5 heteroatoms. The van der Waals surface area contributed by atoms with Crippen molar-refractivity contribution in [3.05, 3.63) is 101 Å². The second-order valence-corrected chi connectivity index (χ2v) is 8.12. The van der Waals surface area contributed by atoms with E-state index in [9.17, 15) is 14.0 Å². The molecule has 0 fully saturated rings. The van der Waals surface area contributed by atoms with Crippen molar-refractivity contribution in [2.45, 2.75) is 33.1 Å². The van der Waals surface area contributed by atoms with E-state index in [-0.39, 0.29) is 11.3 Å². The molecule has 1 aliphatic heterocycles. The number of rotatable bonds is 6. The van der Waals surface area contributed by atoms with Crippen LogP contribution < -0.4 is 10.2 Å². The zero-order valence-electron chi connectivity index (χ0n) is 18.4. The Labute approximate surface area is 187 Å². The predicted octanol–water partition coefficient (Wildman–Crippen LogP) is 5.91. The summed E-state index contributed by atoms with van der Waals surface area (Å²) in [6, 6.07) is 20.7. The summed E-state index contributed by atoms with van der Waals surface area (Å²) >= 11 is 0. The SMILES string of the molecule is CCc1ccc(NC2=C(c3ccc(F)cc3)C(=O)N(c3ccc(C(C)C)cc3)C2=O)cc1. The van der Waals surface area contributed by atoms with Crippen LogP contribution in [0, 0.1) is 5.82 Å². The Morgan fingerprint density at radius 2 is 1.47 bits per heavy atom. The summed E-state index contributed by atoms with van der Waals surface area (Å²) in [4.78, 5) is 28.0. The van der Waals surface area contributed by atoms with Crippen LogP contribution in [0.2, 0.25) is 0 Å². The molecule has 0 spiro atoms. The number of aryl methyl sites for hydroxylation is 1. The highest BCUT2D eigenvalue weighted by molar-refractivity contribution is 6.46. The molecule has 1 N–H and O–H groups in total. The van der Waals surface area contributed by atoms with Gasteiger partial charge in [-0.1, -0.05) is 57.2 Å². The zero-order valence-corrected chi connectivity index (χ0v) is 18.4. The summed E-state index contributed by atoms with van der Waals surface area (Å²) in [5.74, 6) is -0.944. The standard InChI is InChI=1S/C27H25FN2O2/c1-4-18-5-13-22(14-6-18)29-25-24(20-7-11-21(28)12-8-20)26(31)30(27(25)32)23-15-9-19(10-16-23)17(2)3/h5-17,29H,4H2,1-3H3. The maximum Gasteiger partial charge on any atom is 0.282 e. The van der Waals surface area contributed by atoms with Gasteiger partial charge in [0.05, 0.1) is 11.3 Å². The predicted molar refractivity (Wildman–Crippen MR) is 126 cm³/mol. The van der Waals surface area contributed by atoms with E-state index in [1.807, 2.05) is 36.4 Å². The lowest BCUT2D eigenvalue weighted by molar-refractivity contribution is -0.120. The van der Waals surface area contributed by atoms with E-state index in [2.05, 4.69) is 26.1 Å². The molecule has 4 nitrogen and oxygen atoms in total. The van der Waals surface area contributed by atoms with E-state index >= 15 is 0 Å². The van der Waals surface area contributed by atoms with Gasteiger partial charge in [0.15, 0.2) is 0 Å². The third kappa shape index (κ3) is 4.06. The van der Waals surface area contributed by atoms with Crippen molar-refractivity contribution in [1.29, 1.82) is 0 Å². The highest BCUT2D eigenvalue weighted by Gasteiger charge is 2.40. The largest absolute Gasteiger partial charge is 0.350 e. The van der Waals surface area contributed by atoms with Crippen molar-refractivity contribution in [1.82, 2.24) is 0 Å². The first-order chi connectivity index (χ1) is 15.4. The zero-order chi connectivity index (χ0) is 22.8. The average Bonchev–Trinajstić information content (AvgIpc) is 3.04. The molecular formula is C27H25FN2O2. The van der Waals surface area contributed by atoms with Gasteiger partial charge in [0, 0.05) is 5.69 Å². The van der Waals surface area contributed by atoms with E-state index in [0.717, 1.165) is 12.0 Å².